The van der Waals surface area contributed by atoms with Gasteiger partial charge in [-0.15, -0.1) is 0 Å². The van der Waals surface area contributed by atoms with E-state index < -0.39 is 0 Å². The van der Waals surface area contributed by atoms with Gasteiger partial charge in [0, 0.05) is 29.7 Å². The maximum atomic E-state index is 3.74. The Balaban J connectivity index is 1.85. The van der Waals surface area contributed by atoms with Crippen LogP contribution in [-0.2, 0) is 6.54 Å². The van der Waals surface area contributed by atoms with Crippen molar-refractivity contribution in [1.82, 2.24) is 9.88 Å². The van der Waals surface area contributed by atoms with Gasteiger partial charge in [-0.05, 0) is 56.2 Å². The molecule has 0 bridgehead atoms. The fourth-order valence-corrected chi connectivity index (χ4v) is 4.03. The maximum Gasteiger partial charge on any atom is 0.0483 e. The first-order chi connectivity index (χ1) is 10.8. The molecule has 1 aliphatic rings. The number of nitrogens with zero attached hydrogens (tertiary/aromatic N) is 1. The highest BCUT2D eigenvalue weighted by Gasteiger charge is 2.25. The van der Waals surface area contributed by atoms with E-state index in [-0.39, 0.29) is 0 Å². The van der Waals surface area contributed by atoms with Crippen molar-refractivity contribution in [2.24, 2.45) is 0 Å². The summed E-state index contributed by atoms with van der Waals surface area (Å²) in [5.74, 6) is 0.728. The number of para-hydroxylation sites is 1. The first-order valence-electron chi connectivity index (χ1n) is 9.14. The minimum Gasteiger partial charge on any atom is -0.347 e. The van der Waals surface area contributed by atoms with Crippen molar-refractivity contribution in [1.29, 1.82) is 0 Å². The summed E-state index contributed by atoms with van der Waals surface area (Å²) in [4.78, 5) is 0. The van der Waals surface area contributed by atoms with Gasteiger partial charge in [0.2, 0.25) is 0 Å². The zero-order chi connectivity index (χ0) is 15.4. The summed E-state index contributed by atoms with van der Waals surface area (Å²) in [5, 5.41) is 5.23. The van der Waals surface area contributed by atoms with Gasteiger partial charge in [0.05, 0.1) is 0 Å². The lowest BCUT2D eigenvalue weighted by Gasteiger charge is -2.30. The molecule has 1 fully saturated rings. The Morgan fingerprint density at radius 3 is 2.82 bits per heavy atom. The van der Waals surface area contributed by atoms with Crippen molar-refractivity contribution >= 4 is 10.9 Å². The molecule has 0 aliphatic heterocycles. The van der Waals surface area contributed by atoms with E-state index in [0.717, 1.165) is 19.0 Å². The van der Waals surface area contributed by atoms with Crippen LogP contribution in [0.1, 0.15) is 63.9 Å². The van der Waals surface area contributed by atoms with Crippen LogP contribution < -0.4 is 5.32 Å². The number of aromatic nitrogens is 1. The lowest BCUT2D eigenvalue weighted by molar-refractivity contribution is 0.341. The Kier molecular flexibility index (Phi) is 5.20. The van der Waals surface area contributed by atoms with Gasteiger partial charge in [-0.2, -0.15) is 0 Å². The third-order valence-corrected chi connectivity index (χ3v) is 5.08. The molecule has 1 aromatic carbocycles. The van der Waals surface area contributed by atoms with Crippen LogP contribution in [0.15, 0.2) is 30.5 Å². The van der Waals surface area contributed by atoms with Crippen molar-refractivity contribution in [3.05, 3.63) is 36.0 Å². The van der Waals surface area contributed by atoms with E-state index in [2.05, 4.69) is 54.2 Å². The van der Waals surface area contributed by atoms with Crippen molar-refractivity contribution in [3.63, 3.8) is 0 Å². The molecule has 1 aromatic heterocycles. The average Bonchev–Trinajstić information content (AvgIpc) is 2.93. The first kappa shape index (κ1) is 15.6. The zero-order valence-corrected chi connectivity index (χ0v) is 14.1. The van der Waals surface area contributed by atoms with E-state index in [1.165, 1.54) is 49.4 Å². The summed E-state index contributed by atoms with van der Waals surface area (Å²) < 4.78 is 2.47. The molecule has 0 radical (unpaired) electrons. The van der Waals surface area contributed by atoms with Crippen LogP contribution in [0.5, 0.6) is 0 Å². The Labute approximate surface area is 134 Å². The second kappa shape index (κ2) is 7.32. The number of hydrogen-bond donors (Lipinski definition) is 1. The largest absolute Gasteiger partial charge is 0.347 e. The molecular weight excluding hydrogens is 268 g/mol. The minimum absolute atomic E-state index is 0.715. The molecule has 2 nitrogen and oxygen atoms in total. The van der Waals surface area contributed by atoms with Crippen LogP contribution in [0, 0.1) is 0 Å². The van der Waals surface area contributed by atoms with Gasteiger partial charge in [0.15, 0.2) is 0 Å². The predicted octanol–water partition coefficient (Wildman–Crippen LogP) is 5.08. The number of aryl methyl sites for hydroxylation is 1. The fourth-order valence-electron chi connectivity index (χ4n) is 4.03. The third-order valence-electron chi connectivity index (χ3n) is 5.08. The predicted molar refractivity (Wildman–Crippen MR) is 95.5 cm³/mol. The lowest BCUT2D eigenvalue weighted by atomic mass is 9.81. The SMILES string of the molecule is CCCNC1CCCC(c2cn(CCC)c3ccccc23)C1. The van der Waals surface area contributed by atoms with E-state index in [1.54, 1.807) is 5.56 Å². The number of nitrogens with one attached hydrogen (secondary N) is 1. The summed E-state index contributed by atoms with van der Waals surface area (Å²) in [7, 11) is 0. The molecule has 2 heteroatoms. The molecule has 22 heavy (non-hydrogen) atoms. The fraction of sp³-hybridized carbons (Fsp3) is 0.600. The molecule has 1 heterocycles. The lowest BCUT2D eigenvalue weighted by Crippen LogP contribution is -2.33. The van der Waals surface area contributed by atoms with Crippen molar-refractivity contribution in [2.45, 2.75) is 70.9 Å². The summed E-state index contributed by atoms with van der Waals surface area (Å²) >= 11 is 0. The Morgan fingerprint density at radius 1 is 1.14 bits per heavy atom. The van der Waals surface area contributed by atoms with Crippen LogP contribution in [0.25, 0.3) is 10.9 Å². The normalized spacial score (nSPS) is 22.3. The van der Waals surface area contributed by atoms with E-state index in [1.807, 2.05) is 0 Å². The van der Waals surface area contributed by atoms with E-state index in [0.29, 0.717) is 6.04 Å². The van der Waals surface area contributed by atoms with Gasteiger partial charge in [0.25, 0.3) is 0 Å². The second-order valence-corrected chi connectivity index (χ2v) is 6.81. The van der Waals surface area contributed by atoms with Crippen molar-refractivity contribution in [3.8, 4) is 0 Å². The minimum atomic E-state index is 0.715. The van der Waals surface area contributed by atoms with Crippen molar-refractivity contribution < 1.29 is 0 Å². The monoisotopic (exact) mass is 298 g/mol. The molecule has 120 valence electrons. The molecule has 0 saturated heterocycles. The van der Waals surface area contributed by atoms with Crippen molar-refractivity contribution in [2.75, 3.05) is 6.54 Å². The van der Waals surface area contributed by atoms with Crippen LogP contribution in [0.3, 0.4) is 0 Å². The molecule has 0 amide bonds. The molecule has 1 saturated carbocycles. The van der Waals surface area contributed by atoms with Gasteiger partial charge in [-0.25, -0.2) is 0 Å². The average molecular weight is 298 g/mol. The van der Waals surface area contributed by atoms with Crippen LogP contribution >= 0.6 is 0 Å². The zero-order valence-electron chi connectivity index (χ0n) is 14.1. The van der Waals surface area contributed by atoms with Crippen LogP contribution in [0.4, 0.5) is 0 Å². The molecule has 0 spiro atoms. The molecule has 1 N–H and O–H groups in total. The van der Waals surface area contributed by atoms with Crippen LogP contribution in [0.2, 0.25) is 0 Å². The third kappa shape index (κ3) is 3.22. The number of fused-ring (bicyclic) bond motifs is 1. The summed E-state index contributed by atoms with van der Waals surface area (Å²) in [5.41, 5.74) is 3.01. The van der Waals surface area contributed by atoms with Gasteiger partial charge in [0.1, 0.15) is 0 Å². The van der Waals surface area contributed by atoms with E-state index in [9.17, 15) is 0 Å². The quantitative estimate of drug-likeness (QED) is 0.787. The smallest absolute Gasteiger partial charge is 0.0483 e. The number of benzene rings is 1. The van der Waals surface area contributed by atoms with Gasteiger partial charge >= 0.3 is 0 Å². The summed E-state index contributed by atoms with van der Waals surface area (Å²) in [6, 6.07) is 9.68. The van der Waals surface area contributed by atoms with Gasteiger partial charge in [-0.3, -0.25) is 0 Å². The maximum absolute atomic E-state index is 3.74. The molecule has 2 aromatic rings. The first-order valence-corrected chi connectivity index (χ1v) is 9.14. The van der Waals surface area contributed by atoms with Gasteiger partial charge in [-0.1, -0.05) is 38.5 Å². The Bertz CT molecular complexity index is 599. The number of hydrogen-bond acceptors (Lipinski definition) is 1. The summed E-state index contributed by atoms with van der Waals surface area (Å²) in [6.45, 7) is 6.81. The number of rotatable bonds is 6. The highest BCUT2D eigenvalue weighted by atomic mass is 15.0. The second-order valence-electron chi connectivity index (χ2n) is 6.81. The molecule has 1 aliphatic carbocycles. The highest BCUT2D eigenvalue weighted by Crippen LogP contribution is 2.37. The van der Waals surface area contributed by atoms with Gasteiger partial charge < -0.3 is 9.88 Å². The standard InChI is InChI=1S/C20H30N2/c1-3-12-21-17-9-7-8-16(14-17)19-15-22(13-4-2)20-11-6-5-10-18(19)20/h5-6,10-11,15-17,21H,3-4,7-9,12-14H2,1-2H3. The molecule has 3 rings (SSSR count). The molecule has 2 unspecified atom stereocenters. The summed E-state index contributed by atoms with van der Waals surface area (Å²) in [6.07, 6.45) is 10.2. The Hall–Kier alpha value is -1.28. The Morgan fingerprint density at radius 2 is 2.00 bits per heavy atom. The van der Waals surface area contributed by atoms with Crippen LogP contribution in [-0.4, -0.2) is 17.2 Å². The highest BCUT2D eigenvalue weighted by molar-refractivity contribution is 5.84. The van der Waals surface area contributed by atoms with E-state index in [4.69, 9.17) is 0 Å². The topological polar surface area (TPSA) is 17.0 Å². The molecular formula is C20H30N2. The molecule has 2 atom stereocenters. The van der Waals surface area contributed by atoms with E-state index >= 15 is 0 Å².